The monoisotopic (exact) mass is 213 g/mol. The molecule has 0 bridgehead atoms. The van der Waals surface area contributed by atoms with Crippen LogP contribution in [0.3, 0.4) is 0 Å². The molecule has 0 spiro atoms. The van der Waals surface area contributed by atoms with Gasteiger partial charge < -0.3 is 9.47 Å². The first-order chi connectivity index (χ1) is 7.36. The molecule has 0 radical (unpaired) electrons. The number of ether oxygens (including phenoxy) is 2. The third-order valence-electron chi connectivity index (χ3n) is 3.68. The van der Waals surface area contributed by atoms with Gasteiger partial charge in [0.05, 0.1) is 13.2 Å². The number of nitrogens with zero attached hydrogens (tertiary/aromatic N) is 1. The van der Waals surface area contributed by atoms with E-state index in [1.54, 1.807) is 0 Å². The zero-order valence-electron chi connectivity index (χ0n) is 9.78. The van der Waals surface area contributed by atoms with Crippen molar-refractivity contribution >= 4 is 0 Å². The molecule has 0 amide bonds. The van der Waals surface area contributed by atoms with Crippen LogP contribution in [0.1, 0.15) is 26.2 Å². The lowest BCUT2D eigenvalue weighted by molar-refractivity contribution is 0.00639. The predicted molar refractivity (Wildman–Crippen MR) is 60.0 cm³/mol. The molecule has 2 rings (SSSR count). The number of hydrogen-bond donors (Lipinski definition) is 0. The van der Waals surface area contributed by atoms with Gasteiger partial charge in [0.2, 0.25) is 0 Å². The zero-order valence-corrected chi connectivity index (χ0v) is 9.78. The van der Waals surface area contributed by atoms with Crippen LogP contribution in [0.5, 0.6) is 0 Å². The minimum Gasteiger partial charge on any atom is -0.381 e. The lowest BCUT2D eigenvalue weighted by atomic mass is 9.92. The minimum atomic E-state index is 0.719. The highest BCUT2D eigenvalue weighted by Crippen LogP contribution is 2.22. The molecule has 15 heavy (non-hydrogen) atoms. The van der Waals surface area contributed by atoms with Crippen LogP contribution in [0.2, 0.25) is 0 Å². The molecule has 0 saturated carbocycles. The van der Waals surface area contributed by atoms with Gasteiger partial charge in [-0.05, 0) is 32.1 Å². The maximum absolute atomic E-state index is 5.39. The average Bonchev–Trinajstić information content (AvgIpc) is 2.31. The summed E-state index contributed by atoms with van der Waals surface area (Å²) >= 11 is 0. The quantitative estimate of drug-likeness (QED) is 0.709. The van der Waals surface area contributed by atoms with Crippen LogP contribution < -0.4 is 0 Å². The Kier molecular flexibility index (Phi) is 4.42. The van der Waals surface area contributed by atoms with E-state index in [0.717, 1.165) is 51.5 Å². The SMILES string of the molecule is CC(CC1CCOCC1)N1CCOCC1. The first kappa shape index (κ1) is 11.4. The smallest absolute Gasteiger partial charge is 0.0594 e. The predicted octanol–water partition coefficient (Wildman–Crippen LogP) is 1.52. The summed E-state index contributed by atoms with van der Waals surface area (Å²) < 4.78 is 10.8. The summed E-state index contributed by atoms with van der Waals surface area (Å²) in [6.45, 7) is 8.37. The van der Waals surface area contributed by atoms with Gasteiger partial charge >= 0.3 is 0 Å². The van der Waals surface area contributed by atoms with Gasteiger partial charge in [0, 0.05) is 32.3 Å². The molecule has 0 aliphatic carbocycles. The Morgan fingerprint density at radius 2 is 1.67 bits per heavy atom. The summed E-state index contributed by atoms with van der Waals surface area (Å²) in [7, 11) is 0. The van der Waals surface area contributed by atoms with E-state index in [1.165, 1.54) is 19.3 Å². The lowest BCUT2D eigenvalue weighted by Crippen LogP contribution is -2.43. The molecule has 0 aromatic carbocycles. The molecule has 2 aliphatic rings. The summed E-state index contributed by atoms with van der Waals surface area (Å²) in [5, 5.41) is 0. The third-order valence-corrected chi connectivity index (χ3v) is 3.68. The van der Waals surface area contributed by atoms with Gasteiger partial charge in [0.15, 0.2) is 0 Å². The second kappa shape index (κ2) is 5.83. The highest BCUT2D eigenvalue weighted by Gasteiger charge is 2.22. The van der Waals surface area contributed by atoms with Gasteiger partial charge in [0.1, 0.15) is 0 Å². The van der Waals surface area contributed by atoms with E-state index in [9.17, 15) is 0 Å². The van der Waals surface area contributed by atoms with Crippen molar-refractivity contribution in [3.8, 4) is 0 Å². The molecule has 0 N–H and O–H groups in total. The molecule has 1 atom stereocenters. The van der Waals surface area contributed by atoms with Crippen LogP contribution in [0.4, 0.5) is 0 Å². The van der Waals surface area contributed by atoms with Gasteiger partial charge in [-0.3, -0.25) is 4.90 Å². The van der Waals surface area contributed by atoms with E-state index < -0.39 is 0 Å². The first-order valence-corrected chi connectivity index (χ1v) is 6.26. The third kappa shape index (κ3) is 3.44. The summed E-state index contributed by atoms with van der Waals surface area (Å²) in [5.41, 5.74) is 0. The van der Waals surface area contributed by atoms with Crippen LogP contribution in [0, 0.1) is 5.92 Å². The fourth-order valence-electron chi connectivity index (χ4n) is 2.63. The second-order valence-electron chi connectivity index (χ2n) is 4.79. The number of morpholine rings is 1. The molecule has 1 unspecified atom stereocenters. The summed E-state index contributed by atoms with van der Waals surface area (Å²) in [5.74, 6) is 0.886. The fraction of sp³-hybridized carbons (Fsp3) is 1.00. The molecular formula is C12H23NO2. The Balaban J connectivity index is 1.72. The molecular weight excluding hydrogens is 190 g/mol. The van der Waals surface area contributed by atoms with Crippen molar-refractivity contribution in [2.45, 2.75) is 32.2 Å². The maximum Gasteiger partial charge on any atom is 0.0594 e. The van der Waals surface area contributed by atoms with E-state index >= 15 is 0 Å². The molecule has 3 nitrogen and oxygen atoms in total. The van der Waals surface area contributed by atoms with Crippen LogP contribution in [-0.4, -0.2) is 50.5 Å². The minimum absolute atomic E-state index is 0.719. The van der Waals surface area contributed by atoms with Crippen LogP contribution in [0.25, 0.3) is 0 Å². The molecule has 2 fully saturated rings. The first-order valence-electron chi connectivity index (χ1n) is 6.26. The standard InChI is InChI=1S/C12H23NO2/c1-11(13-4-8-15-9-5-13)10-12-2-6-14-7-3-12/h11-12H,2-10H2,1H3. The Labute approximate surface area is 92.7 Å². The Morgan fingerprint density at radius 3 is 2.33 bits per heavy atom. The van der Waals surface area contributed by atoms with Gasteiger partial charge in [-0.15, -0.1) is 0 Å². The van der Waals surface area contributed by atoms with Crippen molar-refractivity contribution in [2.24, 2.45) is 5.92 Å². The molecule has 2 saturated heterocycles. The molecule has 0 aromatic heterocycles. The molecule has 0 aromatic rings. The van der Waals surface area contributed by atoms with Gasteiger partial charge in [-0.2, -0.15) is 0 Å². The van der Waals surface area contributed by atoms with Gasteiger partial charge in [-0.25, -0.2) is 0 Å². The fourth-order valence-corrected chi connectivity index (χ4v) is 2.63. The Morgan fingerprint density at radius 1 is 1.07 bits per heavy atom. The van der Waals surface area contributed by atoms with Crippen molar-refractivity contribution in [1.82, 2.24) is 4.90 Å². The summed E-state index contributed by atoms with van der Waals surface area (Å²) in [6.07, 6.45) is 3.85. The van der Waals surface area contributed by atoms with Crippen LogP contribution in [0.15, 0.2) is 0 Å². The van der Waals surface area contributed by atoms with Gasteiger partial charge in [0.25, 0.3) is 0 Å². The molecule has 3 heteroatoms. The van der Waals surface area contributed by atoms with E-state index in [0.29, 0.717) is 0 Å². The lowest BCUT2D eigenvalue weighted by Gasteiger charge is -2.35. The molecule has 2 aliphatic heterocycles. The van der Waals surface area contributed by atoms with Crippen molar-refractivity contribution in [2.75, 3.05) is 39.5 Å². The van der Waals surface area contributed by atoms with E-state index in [4.69, 9.17) is 9.47 Å². The maximum atomic E-state index is 5.39. The number of rotatable bonds is 3. The van der Waals surface area contributed by atoms with E-state index in [2.05, 4.69) is 11.8 Å². The normalized spacial score (nSPS) is 27.8. The highest BCUT2D eigenvalue weighted by atomic mass is 16.5. The average molecular weight is 213 g/mol. The largest absolute Gasteiger partial charge is 0.381 e. The van der Waals surface area contributed by atoms with Crippen molar-refractivity contribution in [3.05, 3.63) is 0 Å². The van der Waals surface area contributed by atoms with E-state index in [1.807, 2.05) is 0 Å². The topological polar surface area (TPSA) is 21.7 Å². The van der Waals surface area contributed by atoms with Crippen LogP contribution in [-0.2, 0) is 9.47 Å². The van der Waals surface area contributed by atoms with Crippen molar-refractivity contribution in [1.29, 1.82) is 0 Å². The van der Waals surface area contributed by atoms with Crippen molar-refractivity contribution < 1.29 is 9.47 Å². The van der Waals surface area contributed by atoms with Gasteiger partial charge in [-0.1, -0.05) is 0 Å². The summed E-state index contributed by atoms with van der Waals surface area (Å²) in [6, 6.07) is 0.719. The number of hydrogen-bond acceptors (Lipinski definition) is 3. The Hall–Kier alpha value is -0.120. The second-order valence-corrected chi connectivity index (χ2v) is 4.79. The zero-order chi connectivity index (χ0) is 10.5. The summed E-state index contributed by atoms with van der Waals surface area (Å²) in [4.78, 5) is 2.57. The Bertz CT molecular complexity index is 174. The van der Waals surface area contributed by atoms with E-state index in [-0.39, 0.29) is 0 Å². The molecule has 2 heterocycles. The highest BCUT2D eigenvalue weighted by molar-refractivity contribution is 4.75. The molecule has 88 valence electrons. The van der Waals surface area contributed by atoms with Crippen LogP contribution >= 0.6 is 0 Å². The van der Waals surface area contributed by atoms with Crippen molar-refractivity contribution in [3.63, 3.8) is 0 Å².